The molecule has 4 rings (SSSR count). The lowest BCUT2D eigenvalue weighted by atomic mass is 9.98. The maximum Gasteiger partial charge on any atom is 0.349 e. The lowest BCUT2D eigenvalue weighted by Crippen LogP contribution is -2.41. The molecule has 144 valence electrons. The number of halogens is 1. The molecule has 0 bridgehead atoms. The molecule has 0 aliphatic carbocycles. The summed E-state index contributed by atoms with van der Waals surface area (Å²) in [7, 11) is 0. The van der Waals surface area contributed by atoms with Crippen LogP contribution in [0.4, 0.5) is 10.5 Å². The zero-order chi connectivity index (χ0) is 19.5. The number of piperidine rings is 1. The highest BCUT2D eigenvalue weighted by molar-refractivity contribution is 6.30. The third-order valence-corrected chi connectivity index (χ3v) is 4.94. The number of aromatic amines is 1. The Morgan fingerprint density at radius 2 is 2.04 bits per heavy atom. The van der Waals surface area contributed by atoms with Gasteiger partial charge in [-0.25, -0.2) is 14.6 Å². The predicted molar refractivity (Wildman–Crippen MR) is 106 cm³/mol. The summed E-state index contributed by atoms with van der Waals surface area (Å²) in [5, 5.41) is 7.89. The number of pyridine rings is 1. The number of anilines is 1. The van der Waals surface area contributed by atoms with Gasteiger partial charge < -0.3 is 10.2 Å². The summed E-state index contributed by atoms with van der Waals surface area (Å²) in [6.45, 7) is 1.13. The topological polar surface area (TPSA) is 95.9 Å². The second kappa shape index (κ2) is 7.85. The largest absolute Gasteiger partial charge is 0.349 e. The van der Waals surface area contributed by atoms with E-state index in [2.05, 4.69) is 20.4 Å². The molecule has 1 saturated heterocycles. The van der Waals surface area contributed by atoms with Crippen molar-refractivity contribution in [2.45, 2.75) is 18.8 Å². The molecule has 2 amide bonds. The molecule has 28 heavy (non-hydrogen) atoms. The maximum absolute atomic E-state index is 12.6. The van der Waals surface area contributed by atoms with Crippen LogP contribution >= 0.6 is 11.6 Å². The lowest BCUT2D eigenvalue weighted by molar-refractivity contribution is 0.191. The molecule has 1 atom stereocenters. The summed E-state index contributed by atoms with van der Waals surface area (Å²) >= 11 is 5.88. The zero-order valence-corrected chi connectivity index (χ0v) is 15.8. The molecule has 2 N–H and O–H groups in total. The van der Waals surface area contributed by atoms with E-state index in [0.717, 1.165) is 12.8 Å². The van der Waals surface area contributed by atoms with Gasteiger partial charge in [-0.05, 0) is 49.2 Å². The van der Waals surface area contributed by atoms with Crippen molar-refractivity contribution in [3.05, 3.63) is 70.0 Å². The maximum atomic E-state index is 12.6. The minimum atomic E-state index is -0.337. The monoisotopic (exact) mass is 398 g/mol. The number of hydrogen-bond donors (Lipinski definition) is 2. The van der Waals surface area contributed by atoms with Crippen molar-refractivity contribution in [1.29, 1.82) is 0 Å². The van der Waals surface area contributed by atoms with E-state index in [-0.39, 0.29) is 17.6 Å². The van der Waals surface area contributed by atoms with Crippen LogP contribution in [-0.2, 0) is 0 Å². The number of carbonyl (C=O) groups is 1. The van der Waals surface area contributed by atoms with Crippen LogP contribution in [0.1, 0.15) is 24.6 Å². The highest BCUT2D eigenvalue weighted by Gasteiger charge is 2.27. The fraction of sp³-hybridized carbons (Fsp3) is 0.263. The zero-order valence-electron chi connectivity index (χ0n) is 15.0. The molecular formula is C19H19ClN6O2. The molecule has 2 aromatic heterocycles. The number of nitrogens with zero attached hydrogens (tertiary/aromatic N) is 4. The molecule has 0 saturated carbocycles. The van der Waals surface area contributed by atoms with Gasteiger partial charge >= 0.3 is 11.7 Å². The van der Waals surface area contributed by atoms with Gasteiger partial charge in [0.05, 0.1) is 0 Å². The summed E-state index contributed by atoms with van der Waals surface area (Å²) in [5.41, 5.74) is 0.348. The van der Waals surface area contributed by atoms with Crippen LogP contribution in [0.2, 0.25) is 5.02 Å². The molecule has 1 unspecified atom stereocenters. The van der Waals surface area contributed by atoms with Gasteiger partial charge in [0.1, 0.15) is 5.82 Å². The van der Waals surface area contributed by atoms with Crippen molar-refractivity contribution in [2.75, 3.05) is 18.4 Å². The molecule has 3 aromatic rings. The van der Waals surface area contributed by atoms with E-state index in [1.54, 1.807) is 53.6 Å². The van der Waals surface area contributed by atoms with Crippen LogP contribution in [0.25, 0.3) is 5.82 Å². The summed E-state index contributed by atoms with van der Waals surface area (Å²) in [5.74, 6) is 0.991. The molecule has 0 spiro atoms. The third kappa shape index (κ3) is 3.91. The smallest absolute Gasteiger partial charge is 0.324 e. The molecule has 8 nitrogen and oxygen atoms in total. The molecular weight excluding hydrogens is 380 g/mol. The highest BCUT2D eigenvalue weighted by atomic mass is 35.5. The van der Waals surface area contributed by atoms with E-state index >= 15 is 0 Å². The first-order chi connectivity index (χ1) is 13.6. The van der Waals surface area contributed by atoms with Gasteiger partial charge in [0.25, 0.3) is 0 Å². The molecule has 1 fully saturated rings. The fourth-order valence-electron chi connectivity index (χ4n) is 3.28. The van der Waals surface area contributed by atoms with E-state index in [1.165, 1.54) is 4.68 Å². The highest BCUT2D eigenvalue weighted by Crippen LogP contribution is 2.25. The molecule has 9 heteroatoms. The Morgan fingerprint density at radius 1 is 1.21 bits per heavy atom. The van der Waals surface area contributed by atoms with Crippen molar-refractivity contribution in [2.24, 2.45) is 0 Å². The quantitative estimate of drug-likeness (QED) is 0.708. The van der Waals surface area contributed by atoms with E-state index < -0.39 is 0 Å². The van der Waals surface area contributed by atoms with Crippen LogP contribution in [-0.4, -0.2) is 43.8 Å². The Balaban J connectivity index is 1.47. The normalized spacial score (nSPS) is 16.8. The number of nitrogens with one attached hydrogen (secondary N) is 2. The van der Waals surface area contributed by atoms with Gasteiger partial charge in [-0.15, -0.1) is 5.10 Å². The van der Waals surface area contributed by atoms with Crippen molar-refractivity contribution < 1.29 is 4.79 Å². The summed E-state index contributed by atoms with van der Waals surface area (Å²) in [6, 6.07) is 12.1. The van der Waals surface area contributed by atoms with Crippen molar-refractivity contribution in [3.63, 3.8) is 0 Å². The standard InChI is InChI=1S/C19H19ClN6O2/c20-14-6-8-15(9-7-14)22-18(27)25-11-3-4-13(12-25)17-23-19(28)26(24-17)16-5-1-2-10-21-16/h1-2,5-10,13H,3-4,11-12H2,(H,22,27)(H,23,24,28). The van der Waals surface area contributed by atoms with Crippen LogP contribution < -0.4 is 11.0 Å². The van der Waals surface area contributed by atoms with E-state index in [9.17, 15) is 9.59 Å². The Labute approximate surface area is 166 Å². The summed E-state index contributed by atoms with van der Waals surface area (Å²) in [6.07, 6.45) is 3.29. The Hall–Kier alpha value is -3.13. The number of carbonyl (C=O) groups excluding carboxylic acids is 1. The second-order valence-electron chi connectivity index (χ2n) is 6.64. The number of benzene rings is 1. The average molecular weight is 399 g/mol. The molecule has 1 aromatic carbocycles. The van der Waals surface area contributed by atoms with Crippen LogP contribution in [0, 0.1) is 0 Å². The van der Waals surface area contributed by atoms with Gasteiger partial charge in [-0.2, -0.15) is 4.68 Å². The summed E-state index contributed by atoms with van der Waals surface area (Å²) in [4.78, 5) is 33.6. The van der Waals surface area contributed by atoms with E-state index in [0.29, 0.717) is 35.4 Å². The van der Waals surface area contributed by atoms with Gasteiger partial charge in [0.2, 0.25) is 0 Å². The Bertz CT molecular complexity index is 1010. The van der Waals surface area contributed by atoms with E-state index in [1.807, 2.05) is 0 Å². The first kappa shape index (κ1) is 18.2. The number of rotatable bonds is 3. The number of aromatic nitrogens is 4. The number of amides is 2. The first-order valence-corrected chi connectivity index (χ1v) is 9.40. The van der Waals surface area contributed by atoms with Gasteiger partial charge in [-0.1, -0.05) is 17.7 Å². The molecule has 3 heterocycles. The second-order valence-corrected chi connectivity index (χ2v) is 7.07. The first-order valence-electron chi connectivity index (χ1n) is 9.02. The van der Waals surface area contributed by atoms with Gasteiger partial charge in [0, 0.05) is 35.9 Å². The number of H-pyrrole nitrogens is 1. The number of hydrogen-bond acceptors (Lipinski definition) is 4. The van der Waals surface area contributed by atoms with Gasteiger partial charge in [0.15, 0.2) is 5.82 Å². The Kier molecular flexibility index (Phi) is 5.12. The number of likely N-dealkylation sites (tertiary alicyclic amines) is 1. The Morgan fingerprint density at radius 3 is 2.79 bits per heavy atom. The predicted octanol–water partition coefficient (Wildman–Crippen LogP) is 3.02. The van der Waals surface area contributed by atoms with Gasteiger partial charge in [-0.3, -0.25) is 4.98 Å². The SMILES string of the molecule is O=C(Nc1ccc(Cl)cc1)N1CCCC(c2nn(-c3ccccn3)c(=O)[nH]2)C1. The van der Waals surface area contributed by atoms with Crippen LogP contribution in [0.5, 0.6) is 0 Å². The van der Waals surface area contributed by atoms with Crippen LogP contribution in [0.3, 0.4) is 0 Å². The fourth-order valence-corrected chi connectivity index (χ4v) is 3.41. The van der Waals surface area contributed by atoms with Crippen molar-refractivity contribution in [1.82, 2.24) is 24.6 Å². The third-order valence-electron chi connectivity index (χ3n) is 4.69. The molecule has 1 aliphatic heterocycles. The molecule has 0 radical (unpaired) electrons. The van der Waals surface area contributed by atoms with Crippen molar-refractivity contribution in [3.8, 4) is 5.82 Å². The average Bonchev–Trinajstić information content (AvgIpc) is 3.12. The minimum Gasteiger partial charge on any atom is -0.324 e. The van der Waals surface area contributed by atoms with E-state index in [4.69, 9.17) is 11.6 Å². The summed E-state index contributed by atoms with van der Waals surface area (Å²) < 4.78 is 1.25. The minimum absolute atomic E-state index is 0.0395. The van der Waals surface area contributed by atoms with Crippen LogP contribution in [0.15, 0.2) is 53.5 Å². The molecule has 1 aliphatic rings. The van der Waals surface area contributed by atoms with Crippen molar-refractivity contribution >= 4 is 23.3 Å². The lowest BCUT2D eigenvalue weighted by Gasteiger charge is -2.31. The number of urea groups is 1.